The second kappa shape index (κ2) is 9.27. The molecule has 2 unspecified atom stereocenters. The van der Waals surface area contributed by atoms with E-state index in [9.17, 15) is 9.59 Å². The van der Waals surface area contributed by atoms with Crippen molar-refractivity contribution in [1.29, 1.82) is 0 Å². The Hall–Kier alpha value is -4.10. The quantitative estimate of drug-likeness (QED) is 0.331. The van der Waals surface area contributed by atoms with Crippen molar-refractivity contribution in [3.8, 4) is 11.3 Å². The number of likely N-dealkylation sites (tertiary alicyclic amines) is 1. The molecule has 9 nitrogen and oxygen atoms in total. The van der Waals surface area contributed by atoms with Gasteiger partial charge in [-0.05, 0) is 48.5 Å². The zero-order valence-electron chi connectivity index (χ0n) is 18.9. The molecule has 0 aliphatic carbocycles. The highest BCUT2D eigenvalue weighted by Gasteiger charge is 2.33. The third-order valence-corrected chi connectivity index (χ3v) is 6.42. The van der Waals surface area contributed by atoms with Crippen molar-refractivity contribution >= 4 is 43.5 Å². The van der Waals surface area contributed by atoms with Gasteiger partial charge in [-0.2, -0.15) is 0 Å². The van der Waals surface area contributed by atoms with Gasteiger partial charge in [-0.1, -0.05) is 18.7 Å². The number of anilines is 2. The van der Waals surface area contributed by atoms with Crippen molar-refractivity contribution in [1.82, 2.24) is 24.3 Å². The van der Waals surface area contributed by atoms with Crippen molar-refractivity contribution in [3.05, 3.63) is 79.0 Å². The fourth-order valence-corrected chi connectivity index (χ4v) is 4.67. The molecule has 0 spiro atoms. The first-order valence-electron chi connectivity index (χ1n) is 11.1. The molecule has 2 atom stereocenters. The van der Waals surface area contributed by atoms with Crippen LogP contribution in [-0.2, 0) is 4.79 Å². The molecular formula is C25H24N7O2P. The predicted octanol–water partition coefficient (Wildman–Crippen LogP) is 2.98. The van der Waals surface area contributed by atoms with E-state index in [1.807, 2.05) is 22.6 Å². The SMILES string of the molecule is C=CC(=O)N1CCCC1c1nc(-c2ccc(C(=O)Nc3cc(P)ccn3)cc2)c2c(N)nccn12. The molecule has 4 aromatic rings. The number of aromatic nitrogens is 4. The number of hydrogen-bond acceptors (Lipinski definition) is 6. The number of carbonyl (C=O) groups is 2. The summed E-state index contributed by atoms with van der Waals surface area (Å²) in [6, 6.07) is 10.5. The van der Waals surface area contributed by atoms with Crippen LogP contribution in [0.15, 0.2) is 67.6 Å². The van der Waals surface area contributed by atoms with Crippen LogP contribution in [0, 0.1) is 0 Å². The van der Waals surface area contributed by atoms with E-state index in [-0.39, 0.29) is 17.9 Å². The lowest BCUT2D eigenvalue weighted by molar-refractivity contribution is -0.127. The molecule has 0 saturated carbocycles. The lowest BCUT2D eigenvalue weighted by atomic mass is 10.1. The maximum Gasteiger partial charge on any atom is 0.256 e. The van der Waals surface area contributed by atoms with Crippen LogP contribution in [0.5, 0.6) is 0 Å². The number of nitrogen functional groups attached to an aromatic ring is 1. The van der Waals surface area contributed by atoms with Crippen LogP contribution in [-0.4, -0.2) is 42.6 Å². The van der Waals surface area contributed by atoms with Crippen molar-refractivity contribution < 1.29 is 9.59 Å². The van der Waals surface area contributed by atoms with E-state index in [1.165, 1.54) is 6.08 Å². The topological polar surface area (TPSA) is 119 Å². The fraction of sp³-hybridized carbons (Fsp3) is 0.160. The zero-order valence-corrected chi connectivity index (χ0v) is 20.0. The minimum atomic E-state index is -0.263. The first kappa shape index (κ1) is 22.7. The Labute approximate surface area is 204 Å². The average Bonchev–Trinajstić information content (AvgIpc) is 3.49. The number of benzene rings is 1. The Balaban J connectivity index is 1.50. The first-order valence-corrected chi connectivity index (χ1v) is 11.7. The number of nitrogens with one attached hydrogen (secondary N) is 1. The molecule has 4 heterocycles. The average molecular weight is 485 g/mol. The number of nitrogens with zero attached hydrogens (tertiary/aromatic N) is 5. The Morgan fingerprint density at radius 3 is 2.71 bits per heavy atom. The molecule has 5 rings (SSSR count). The number of nitrogens with two attached hydrogens (primary N) is 1. The monoisotopic (exact) mass is 485 g/mol. The summed E-state index contributed by atoms with van der Waals surface area (Å²) in [7, 11) is 2.57. The van der Waals surface area contributed by atoms with Crippen molar-refractivity contribution in [2.75, 3.05) is 17.6 Å². The molecule has 35 heavy (non-hydrogen) atoms. The first-order chi connectivity index (χ1) is 17.0. The van der Waals surface area contributed by atoms with Gasteiger partial charge >= 0.3 is 0 Å². The minimum Gasteiger partial charge on any atom is -0.382 e. The van der Waals surface area contributed by atoms with Crippen molar-refractivity contribution in [3.63, 3.8) is 0 Å². The second-order valence-electron chi connectivity index (χ2n) is 8.25. The number of fused-ring (bicyclic) bond motifs is 1. The van der Waals surface area contributed by atoms with Gasteiger partial charge in [0.25, 0.3) is 5.91 Å². The molecule has 0 radical (unpaired) electrons. The van der Waals surface area contributed by atoms with E-state index in [1.54, 1.807) is 41.7 Å². The summed E-state index contributed by atoms with van der Waals surface area (Å²) in [6.07, 6.45) is 8.08. The maximum atomic E-state index is 12.7. The van der Waals surface area contributed by atoms with Gasteiger partial charge in [-0.3, -0.25) is 14.0 Å². The van der Waals surface area contributed by atoms with Gasteiger partial charge in [0.1, 0.15) is 28.7 Å². The van der Waals surface area contributed by atoms with Gasteiger partial charge < -0.3 is 16.0 Å². The Morgan fingerprint density at radius 2 is 1.97 bits per heavy atom. The highest BCUT2D eigenvalue weighted by Crippen LogP contribution is 2.36. The number of rotatable bonds is 5. The largest absolute Gasteiger partial charge is 0.382 e. The van der Waals surface area contributed by atoms with Gasteiger partial charge in [0.15, 0.2) is 0 Å². The highest BCUT2D eigenvalue weighted by molar-refractivity contribution is 7.27. The van der Waals surface area contributed by atoms with Gasteiger partial charge in [-0.25, -0.2) is 15.0 Å². The van der Waals surface area contributed by atoms with E-state index in [4.69, 9.17) is 10.7 Å². The van der Waals surface area contributed by atoms with Crippen LogP contribution in [0.1, 0.15) is 35.1 Å². The molecule has 0 bridgehead atoms. The van der Waals surface area contributed by atoms with E-state index >= 15 is 0 Å². The second-order valence-corrected chi connectivity index (χ2v) is 8.92. The molecule has 3 N–H and O–H groups in total. The predicted molar refractivity (Wildman–Crippen MR) is 138 cm³/mol. The molecule has 1 aliphatic heterocycles. The van der Waals surface area contributed by atoms with Gasteiger partial charge in [0.05, 0.1) is 6.04 Å². The molecule has 176 valence electrons. The summed E-state index contributed by atoms with van der Waals surface area (Å²) >= 11 is 0. The fourth-order valence-electron chi connectivity index (χ4n) is 4.42. The molecular weight excluding hydrogens is 461 g/mol. The molecule has 3 aromatic heterocycles. The molecule has 1 aliphatic rings. The normalized spacial score (nSPS) is 15.3. The van der Waals surface area contributed by atoms with Gasteiger partial charge in [0, 0.05) is 36.3 Å². The van der Waals surface area contributed by atoms with E-state index in [0.717, 1.165) is 29.5 Å². The number of imidazole rings is 1. The number of pyridine rings is 1. The summed E-state index contributed by atoms with van der Waals surface area (Å²) in [6.45, 7) is 4.28. The summed E-state index contributed by atoms with van der Waals surface area (Å²) < 4.78 is 1.90. The lowest BCUT2D eigenvalue weighted by Crippen LogP contribution is -2.29. The summed E-state index contributed by atoms with van der Waals surface area (Å²) in [4.78, 5) is 40.2. The van der Waals surface area contributed by atoms with Crippen LogP contribution in [0.3, 0.4) is 0 Å². The minimum absolute atomic E-state index is 0.120. The molecule has 1 aromatic carbocycles. The number of amides is 2. The standard InChI is InChI=1S/C25H24N7O2P/c1-2-20(33)31-12-3-4-18(31)24-30-21(22-23(26)28-11-13-32(22)24)15-5-7-16(8-6-15)25(34)29-19-14-17(35)9-10-27-19/h2,5-11,13-14,18H,1,3-4,12,35H2,(H2,26,28)(H,27,29,34). The Morgan fingerprint density at radius 1 is 1.17 bits per heavy atom. The van der Waals surface area contributed by atoms with E-state index in [2.05, 4.69) is 31.1 Å². The zero-order chi connectivity index (χ0) is 24.5. The van der Waals surface area contributed by atoms with Crippen LogP contribution in [0.2, 0.25) is 0 Å². The van der Waals surface area contributed by atoms with Crippen LogP contribution >= 0.6 is 9.24 Å². The molecule has 2 amide bonds. The maximum absolute atomic E-state index is 12.7. The Kier molecular flexibility index (Phi) is 6.01. The molecule has 1 saturated heterocycles. The van der Waals surface area contributed by atoms with Crippen molar-refractivity contribution in [2.24, 2.45) is 0 Å². The number of hydrogen-bond donors (Lipinski definition) is 2. The van der Waals surface area contributed by atoms with Crippen LogP contribution < -0.4 is 16.4 Å². The number of carbonyl (C=O) groups excluding carboxylic acids is 2. The third kappa shape index (κ3) is 4.26. The van der Waals surface area contributed by atoms with Crippen LogP contribution in [0.25, 0.3) is 16.8 Å². The summed E-state index contributed by atoms with van der Waals surface area (Å²) in [5, 5.41) is 3.73. The molecule has 10 heteroatoms. The van der Waals surface area contributed by atoms with E-state index in [0.29, 0.717) is 35.0 Å². The third-order valence-electron chi connectivity index (χ3n) is 6.07. The van der Waals surface area contributed by atoms with Gasteiger partial charge in [0.2, 0.25) is 5.91 Å². The van der Waals surface area contributed by atoms with E-state index < -0.39 is 0 Å². The van der Waals surface area contributed by atoms with Crippen LogP contribution in [0.4, 0.5) is 11.6 Å². The lowest BCUT2D eigenvalue weighted by Gasteiger charge is -2.22. The Bertz CT molecular complexity index is 1450. The molecule has 1 fully saturated rings. The highest BCUT2D eigenvalue weighted by atomic mass is 31.0. The smallest absolute Gasteiger partial charge is 0.256 e. The van der Waals surface area contributed by atoms with Crippen molar-refractivity contribution in [2.45, 2.75) is 18.9 Å². The summed E-state index contributed by atoms with van der Waals surface area (Å²) in [5.74, 6) is 1.16. The summed E-state index contributed by atoms with van der Waals surface area (Å²) in [5.41, 5.74) is 8.84. The van der Waals surface area contributed by atoms with Gasteiger partial charge in [-0.15, -0.1) is 9.24 Å².